The van der Waals surface area contributed by atoms with Crippen molar-refractivity contribution in [1.82, 2.24) is 15.4 Å². The monoisotopic (exact) mass is 235 g/mol. The number of nitrogens with one attached hydrogen (secondary N) is 1. The van der Waals surface area contributed by atoms with Crippen LogP contribution in [0.3, 0.4) is 0 Å². The van der Waals surface area contributed by atoms with E-state index in [9.17, 15) is 13.2 Å². The van der Waals surface area contributed by atoms with Crippen LogP contribution < -0.4 is 5.32 Å². The quantitative estimate of drug-likeness (QED) is 0.833. The molecule has 1 aromatic heterocycles. The van der Waals surface area contributed by atoms with Crippen molar-refractivity contribution in [3.8, 4) is 0 Å². The molecule has 1 aromatic rings. The van der Waals surface area contributed by atoms with Gasteiger partial charge in [0, 0.05) is 38.3 Å². The number of alkyl halides is 3. The van der Waals surface area contributed by atoms with E-state index in [1.54, 1.807) is 0 Å². The predicted octanol–water partition coefficient (Wildman–Crippen LogP) is 1.10. The SMILES string of the molecule is FC(F)(F)c1nocc1CN1CCNCC1. The average Bonchev–Trinajstić information content (AvgIpc) is 2.67. The fraction of sp³-hybridized carbons (Fsp3) is 0.667. The highest BCUT2D eigenvalue weighted by atomic mass is 19.4. The molecule has 0 atom stereocenters. The second-order valence-electron chi connectivity index (χ2n) is 3.71. The van der Waals surface area contributed by atoms with E-state index in [0.717, 1.165) is 32.4 Å². The van der Waals surface area contributed by atoms with Crippen molar-refractivity contribution in [2.45, 2.75) is 12.7 Å². The van der Waals surface area contributed by atoms with E-state index in [0.29, 0.717) is 0 Å². The van der Waals surface area contributed by atoms with Gasteiger partial charge in [0.15, 0.2) is 5.69 Å². The topological polar surface area (TPSA) is 41.3 Å². The van der Waals surface area contributed by atoms with Crippen LogP contribution in [0.5, 0.6) is 0 Å². The van der Waals surface area contributed by atoms with Crippen molar-refractivity contribution in [3.05, 3.63) is 17.5 Å². The van der Waals surface area contributed by atoms with Crippen LogP contribution in [0.2, 0.25) is 0 Å². The van der Waals surface area contributed by atoms with E-state index in [1.807, 2.05) is 4.90 Å². The lowest BCUT2D eigenvalue weighted by molar-refractivity contribution is -0.143. The van der Waals surface area contributed by atoms with Crippen LogP contribution in [0.4, 0.5) is 13.2 Å². The highest BCUT2D eigenvalue weighted by Crippen LogP contribution is 2.31. The maximum atomic E-state index is 12.5. The molecule has 0 aliphatic carbocycles. The van der Waals surface area contributed by atoms with Crippen LogP contribution in [-0.4, -0.2) is 36.2 Å². The Hall–Kier alpha value is -1.08. The van der Waals surface area contributed by atoms with Gasteiger partial charge in [-0.3, -0.25) is 4.90 Å². The van der Waals surface area contributed by atoms with Crippen molar-refractivity contribution >= 4 is 0 Å². The molecule has 0 spiro atoms. The molecule has 0 unspecified atom stereocenters. The molecule has 1 fully saturated rings. The first kappa shape index (κ1) is 11.4. The van der Waals surface area contributed by atoms with Crippen molar-refractivity contribution in [1.29, 1.82) is 0 Å². The third-order valence-corrected chi connectivity index (χ3v) is 2.52. The number of hydrogen-bond acceptors (Lipinski definition) is 4. The van der Waals surface area contributed by atoms with Crippen LogP contribution in [0.1, 0.15) is 11.3 Å². The summed E-state index contributed by atoms with van der Waals surface area (Å²) in [6, 6.07) is 0. The Bertz CT molecular complexity index is 344. The molecule has 16 heavy (non-hydrogen) atoms. The number of piperazine rings is 1. The first-order valence-electron chi connectivity index (χ1n) is 5.01. The highest BCUT2D eigenvalue weighted by molar-refractivity contribution is 5.17. The molecule has 0 amide bonds. The fourth-order valence-corrected chi connectivity index (χ4v) is 1.71. The van der Waals surface area contributed by atoms with E-state index >= 15 is 0 Å². The lowest BCUT2D eigenvalue weighted by atomic mass is 10.2. The Balaban J connectivity index is 2.06. The zero-order chi connectivity index (χ0) is 11.6. The van der Waals surface area contributed by atoms with Crippen LogP contribution in [0.25, 0.3) is 0 Å². The normalized spacial score (nSPS) is 18.9. The summed E-state index contributed by atoms with van der Waals surface area (Å²) in [4.78, 5) is 1.94. The second-order valence-corrected chi connectivity index (χ2v) is 3.71. The van der Waals surface area contributed by atoms with E-state index in [2.05, 4.69) is 15.0 Å². The van der Waals surface area contributed by atoms with Crippen molar-refractivity contribution in [2.75, 3.05) is 26.2 Å². The molecular weight excluding hydrogens is 223 g/mol. The van der Waals surface area contributed by atoms with Crippen molar-refractivity contribution in [2.24, 2.45) is 0 Å². The Morgan fingerprint density at radius 3 is 2.69 bits per heavy atom. The van der Waals surface area contributed by atoms with Gasteiger partial charge in [0.25, 0.3) is 0 Å². The molecule has 0 bridgehead atoms. The van der Waals surface area contributed by atoms with E-state index in [-0.39, 0.29) is 12.1 Å². The first-order valence-corrected chi connectivity index (χ1v) is 5.01. The predicted molar refractivity (Wildman–Crippen MR) is 49.7 cm³/mol. The summed E-state index contributed by atoms with van der Waals surface area (Å²) < 4.78 is 41.8. The van der Waals surface area contributed by atoms with Crippen LogP contribution >= 0.6 is 0 Å². The van der Waals surface area contributed by atoms with Gasteiger partial charge in [-0.25, -0.2) is 0 Å². The number of halogens is 3. The number of nitrogens with zero attached hydrogens (tertiary/aromatic N) is 2. The lowest BCUT2D eigenvalue weighted by Gasteiger charge is -2.26. The molecular formula is C9H12F3N3O. The molecule has 2 rings (SSSR count). The standard InChI is InChI=1S/C9H12F3N3O/c10-9(11,12)8-7(6-16-14-8)5-15-3-1-13-2-4-15/h6,13H,1-5H2. The van der Waals surface area contributed by atoms with Gasteiger partial charge >= 0.3 is 6.18 Å². The minimum absolute atomic E-state index is 0.106. The van der Waals surface area contributed by atoms with Gasteiger partial charge in [0.05, 0.1) is 0 Å². The summed E-state index contributed by atoms with van der Waals surface area (Å²) in [5.74, 6) is 0. The largest absolute Gasteiger partial charge is 0.437 e. The Morgan fingerprint density at radius 2 is 2.06 bits per heavy atom. The summed E-state index contributed by atoms with van der Waals surface area (Å²) in [7, 11) is 0. The van der Waals surface area contributed by atoms with Gasteiger partial charge in [0.1, 0.15) is 6.26 Å². The zero-order valence-electron chi connectivity index (χ0n) is 8.55. The zero-order valence-corrected chi connectivity index (χ0v) is 8.55. The highest BCUT2D eigenvalue weighted by Gasteiger charge is 2.37. The van der Waals surface area contributed by atoms with E-state index in [4.69, 9.17) is 0 Å². The second kappa shape index (κ2) is 4.42. The van der Waals surface area contributed by atoms with Gasteiger partial charge in [-0.05, 0) is 0 Å². The number of hydrogen-bond donors (Lipinski definition) is 1. The lowest BCUT2D eigenvalue weighted by Crippen LogP contribution is -2.43. The molecule has 1 saturated heterocycles. The average molecular weight is 235 g/mol. The number of aromatic nitrogens is 1. The number of rotatable bonds is 2. The van der Waals surface area contributed by atoms with Gasteiger partial charge in [-0.1, -0.05) is 5.16 Å². The smallest absolute Gasteiger partial charge is 0.364 e. The van der Waals surface area contributed by atoms with Crippen LogP contribution in [0.15, 0.2) is 10.8 Å². The van der Waals surface area contributed by atoms with Gasteiger partial charge in [-0.2, -0.15) is 13.2 Å². The Morgan fingerprint density at radius 1 is 1.38 bits per heavy atom. The summed E-state index contributed by atoms with van der Waals surface area (Å²) in [5.41, 5.74) is -0.805. The van der Waals surface area contributed by atoms with Gasteiger partial charge in [0.2, 0.25) is 0 Å². The summed E-state index contributed by atoms with van der Waals surface area (Å²) in [6.07, 6.45) is -3.36. The summed E-state index contributed by atoms with van der Waals surface area (Å²) in [5, 5.41) is 6.15. The van der Waals surface area contributed by atoms with Crippen LogP contribution in [0, 0.1) is 0 Å². The van der Waals surface area contributed by atoms with Gasteiger partial charge < -0.3 is 9.84 Å². The molecule has 0 radical (unpaired) electrons. The molecule has 0 aromatic carbocycles. The molecule has 1 aliphatic rings. The van der Waals surface area contributed by atoms with Gasteiger partial charge in [-0.15, -0.1) is 0 Å². The minimum atomic E-state index is -4.43. The first-order chi connectivity index (χ1) is 7.57. The molecule has 90 valence electrons. The van der Waals surface area contributed by atoms with Crippen LogP contribution in [-0.2, 0) is 12.7 Å². The molecule has 1 aliphatic heterocycles. The maximum absolute atomic E-state index is 12.5. The van der Waals surface area contributed by atoms with E-state index in [1.165, 1.54) is 0 Å². The maximum Gasteiger partial charge on any atom is 0.437 e. The third kappa shape index (κ3) is 2.53. The Labute approximate surface area is 90.4 Å². The summed E-state index contributed by atoms with van der Waals surface area (Å²) >= 11 is 0. The minimum Gasteiger partial charge on any atom is -0.364 e. The molecule has 0 saturated carbocycles. The van der Waals surface area contributed by atoms with Crippen molar-refractivity contribution < 1.29 is 17.7 Å². The molecule has 1 N–H and O–H groups in total. The van der Waals surface area contributed by atoms with Crippen molar-refractivity contribution in [3.63, 3.8) is 0 Å². The molecule has 4 nitrogen and oxygen atoms in total. The Kier molecular flexibility index (Phi) is 3.15. The third-order valence-electron chi connectivity index (χ3n) is 2.52. The molecule has 7 heteroatoms. The molecule has 2 heterocycles. The fourth-order valence-electron chi connectivity index (χ4n) is 1.71. The summed E-state index contributed by atoms with van der Waals surface area (Å²) in [6.45, 7) is 3.31. The van der Waals surface area contributed by atoms with E-state index < -0.39 is 11.9 Å².